The molecular weight excluding hydrogens is 360 g/mol. The lowest BCUT2D eigenvalue weighted by Crippen LogP contribution is -2.42. The van der Waals surface area contributed by atoms with Crippen molar-refractivity contribution in [3.05, 3.63) is 44.3 Å². The minimum atomic E-state index is -0.683. The van der Waals surface area contributed by atoms with Crippen molar-refractivity contribution in [2.24, 2.45) is 0 Å². The zero-order chi connectivity index (χ0) is 17.6. The van der Waals surface area contributed by atoms with Gasteiger partial charge in [0.1, 0.15) is 0 Å². The first-order valence-corrected chi connectivity index (χ1v) is 9.67. The summed E-state index contributed by atoms with van der Waals surface area (Å²) in [7, 11) is 0. The summed E-state index contributed by atoms with van der Waals surface area (Å²) < 4.78 is 5.39. The molecule has 1 atom stereocenters. The predicted octanol–water partition coefficient (Wildman–Crippen LogP) is 1.95. The zero-order valence-electron chi connectivity index (χ0n) is 13.4. The summed E-state index contributed by atoms with van der Waals surface area (Å²) in [5.41, 5.74) is 0. The summed E-state index contributed by atoms with van der Waals surface area (Å²) in [4.78, 5) is 37.9. The molecule has 0 unspecified atom stereocenters. The van der Waals surface area contributed by atoms with Crippen LogP contribution in [0, 0.1) is 0 Å². The molecule has 2 aromatic heterocycles. The number of hydrogen-bond acceptors (Lipinski definition) is 6. The number of carbonyl (C=O) groups is 3. The molecule has 6 nitrogen and oxygen atoms in total. The van der Waals surface area contributed by atoms with Crippen molar-refractivity contribution in [1.29, 1.82) is 0 Å². The Morgan fingerprint density at radius 2 is 1.96 bits per heavy atom. The van der Waals surface area contributed by atoms with Crippen LogP contribution in [0.2, 0.25) is 0 Å². The third-order valence-corrected chi connectivity index (χ3v) is 5.73. The summed E-state index contributed by atoms with van der Waals surface area (Å²) in [5, 5.41) is 7.01. The van der Waals surface area contributed by atoms with Crippen molar-refractivity contribution in [1.82, 2.24) is 10.6 Å². The first-order chi connectivity index (χ1) is 12.1. The van der Waals surface area contributed by atoms with Gasteiger partial charge in [-0.15, -0.1) is 22.7 Å². The Balaban J connectivity index is 1.45. The topological polar surface area (TPSA) is 84.5 Å². The fourth-order valence-corrected chi connectivity index (χ4v) is 4.11. The van der Waals surface area contributed by atoms with Crippen LogP contribution in [0.1, 0.15) is 32.3 Å². The third-order valence-electron chi connectivity index (χ3n) is 3.77. The number of rotatable bonds is 6. The van der Waals surface area contributed by atoms with E-state index in [1.54, 1.807) is 18.2 Å². The molecule has 1 fully saturated rings. The normalized spacial score (nSPS) is 16.6. The molecule has 1 aliphatic rings. The van der Waals surface area contributed by atoms with Crippen LogP contribution in [0.3, 0.4) is 0 Å². The summed E-state index contributed by atoms with van der Waals surface area (Å²) in [6, 6.07) is 7.15. The molecule has 1 saturated heterocycles. The molecule has 2 N–H and O–H groups in total. The lowest BCUT2D eigenvalue weighted by atomic mass is 10.2. The molecule has 0 bridgehead atoms. The van der Waals surface area contributed by atoms with Gasteiger partial charge in [0.25, 0.3) is 0 Å². The Labute approximate surface area is 153 Å². The molecule has 0 saturated carbocycles. The molecule has 0 aliphatic carbocycles. The van der Waals surface area contributed by atoms with Gasteiger partial charge in [-0.05, 0) is 36.4 Å². The number of amides is 2. The summed E-state index contributed by atoms with van der Waals surface area (Å²) in [5.74, 6) is -1.37. The Hall–Kier alpha value is -2.03. The van der Waals surface area contributed by atoms with E-state index in [0.29, 0.717) is 22.9 Å². The van der Waals surface area contributed by atoms with E-state index in [0.717, 1.165) is 17.7 Å². The number of ketones is 1. The van der Waals surface area contributed by atoms with E-state index < -0.39 is 11.8 Å². The Morgan fingerprint density at radius 3 is 2.68 bits per heavy atom. The monoisotopic (exact) mass is 378 g/mol. The van der Waals surface area contributed by atoms with Gasteiger partial charge in [-0.2, -0.15) is 0 Å². The second-order valence-corrected chi connectivity index (χ2v) is 7.72. The number of nitrogens with one attached hydrogen (secondary N) is 2. The van der Waals surface area contributed by atoms with Gasteiger partial charge in [-0.25, -0.2) is 0 Å². The Morgan fingerprint density at radius 1 is 1.12 bits per heavy atom. The largest absolute Gasteiger partial charge is 0.376 e. The first kappa shape index (κ1) is 17.8. The van der Waals surface area contributed by atoms with E-state index in [4.69, 9.17) is 4.74 Å². The summed E-state index contributed by atoms with van der Waals surface area (Å²) >= 11 is 2.71. The molecule has 25 heavy (non-hydrogen) atoms. The zero-order valence-corrected chi connectivity index (χ0v) is 15.1. The lowest BCUT2D eigenvalue weighted by molar-refractivity contribution is -0.139. The quantitative estimate of drug-likeness (QED) is 0.594. The molecule has 3 rings (SSSR count). The van der Waals surface area contributed by atoms with Gasteiger partial charge in [0, 0.05) is 18.0 Å². The van der Waals surface area contributed by atoms with Crippen LogP contribution in [-0.4, -0.2) is 36.9 Å². The Kier molecular flexibility index (Phi) is 5.95. The fraction of sp³-hybridized carbons (Fsp3) is 0.353. The van der Waals surface area contributed by atoms with E-state index in [1.165, 1.54) is 22.7 Å². The van der Waals surface area contributed by atoms with Crippen LogP contribution in [0.25, 0.3) is 0 Å². The van der Waals surface area contributed by atoms with E-state index in [2.05, 4.69) is 10.6 Å². The molecule has 2 aromatic rings. The van der Waals surface area contributed by atoms with E-state index in [1.807, 2.05) is 11.4 Å². The number of carbonyl (C=O) groups excluding carboxylic acids is 3. The molecule has 3 heterocycles. The molecular formula is C17H18N2O4S2. The van der Waals surface area contributed by atoms with E-state index in [9.17, 15) is 14.4 Å². The first-order valence-electron chi connectivity index (χ1n) is 7.98. The van der Waals surface area contributed by atoms with Crippen LogP contribution in [-0.2, 0) is 20.9 Å². The van der Waals surface area contributed by atoms with Crippen LogP contribution < -0.4 is 10.6 Å². The maximum atomic E-state index is 12.2. The maximum absolute atomic E-state index is 12.2. The highest BCUT2D eigenvalue weighted by atomic mass is 32.1. The van der Waals surface area contributed by atoms with Crippen molar-refractivity contribution >= 4 is 40.3 Å². The van der Waals surface area contributed by atoms with Gasteiger partial charge >= 0.3 is 11.8 Å². The van der Waals surface area contributed by atoms with Gasteiger partial charge in [0.05, 0.1) is 22.4 Å². The minimum absolute atomic E-state index is 0.000122. The lowest BCUT2D eigenvalue weighted by Gasteiger charge is -2.10. The number of thiophene rings is 2. The second-order valence-electron chi connectivity index (χ2n) is 5.60. The smallest absolute Gasteiger partial charge is 0.309 e. The van der Waals surface area contributed by atoms with Crippen LogP contribution in [0.15, 0.2) is 29.6 Å². The standard InChI is InChI=1S/C17H18N2O4S2/c20-15(13-4-2-8-24-13)14-6-5-12(25-14)10-19-17(22)16(21)18-9-11-3-1-7-23-11/h2,4-6,8,11H,1,3,7,9-10H2,(H,18,21)(H,19,22)/t11-/m0/s1. The van der Waals surface area contributed by atoms with Crippen LogP contribution >= 0.6 is 22.7 Å². The molecule has 0 aromatic carbocycles. The molecule has 0 radical (unpaired) electrons. The van der Waals surface area contributed by atoms with Crippen molar-refractivity contribution < 1.29 is 19.1 Å². The highest BCUT2D eigenvalue weighted by molar-refractivity contribution is 7.16. The third kappa shape index (κ3) is 4.75. The molecule has 1 aliphatic heterocycles. The molecule has 8 heteroatoms. The number of ether oxygens (including phenoxy) is 1. The SMILES string of the molecule is O=C(NCc1ccc(C(=O)c2cccs2)s1)C(=O)NC[C@@H]1CCCO1. The van der Waals surface area contributed by atoms with Gasteiger partial charge < -0.3 is 15.4 Å². The van der Waals surface area contributed by atoms with Crippen molar-refractivity contribution in [3.8, 4) is 0 Å². The average molecular weight is 378 g/mol. The molecule has 132 valence electrons. The average Bonchev–Trinajstić information content (AvgIpc) is 3.39. The van der Waals surface area contributed by atoms with Gasteiger partial charge in [0.15, 0.2) is 0 Å². The predicted molar refractivity (Wildman–Crippen MR) is 95.9 cm³/mol. The van der Waals surface area contributed by atoms with E-state index >= 15 is 0 Å². The highest BCUT2D eigenvalue weighted by Gasteiger charge is 2.19. The van der Waals surface area contributed by atoms with Gasteiger partial charge in [0.2, 0.25) is 5.78 Å². The Bertz CT molecular complexity index is 749. The van der Waals surface area contributed by atoms with Crippen molar-refractivity contribution in [2.75, 3.05) is 13.2 Å². The van der Waals surface area contributed by atoms with Crippen LogP contribution in [0.5, 0.6) is 0 Å². The van der Waals surface area contributed by atoms with Gasteiger partial charge in [-0.1, -0.05) is 6.07 Å². The second kappa shape index (κ2) is 8.37. The summed E-state index contributed by atoms with van der Waals surface area (Å²) in [6.45, 7) is 1.27. The summed E-state index contributed by atoms with van der Waals surface area (Å²) in [6.07, 6.45) is 1.88. The van der Waals surface area contributed by atoms with Gasteiger partial charge in [-0.3, -0.25) is 14.4 Å². The van der Waals surface area contributed by atoms with E-state index in [-0.39, 0.29) is 18.4 Å². The maximum Gasteiger partial charge on any atom is 0.309 e. The highest BCUT2D eigenvalue weighted by Crippen LogP contribution is 2.22. The number of hydrogen-bond donors (Lipinski definition) is 2. The van der Waals surface area contributed by atoms with Crippen molar-refractivity contribution in [3.63, 3.8) is 0 Å². The van der Waals surface area contributed by atoms with Crippen LogP contribution in [0.4, 0.5) is 0 Å². The van der Waals surface area contributed by atoms with Crippen molar-refractivity contribution in [2.45, 2.75) is 25.5 Å². The molecule has 0 spiro atoms. The molecule has 2 amide bonds. The fourth-order valence-electron chi connectivity index (χ4n) is 2.46. The minimum Gasteiger partial charge on any atom is -0.376 e.